The Kier molecular flexibility index (Phi) is 1.79. The number of rotatable bonds is 0. The highest BCUT2D eigenvalue weighted by Gasteiger charge is 2.33. The predicted molar refractivity (Wildman–Crippen MR) is 49.9 cm³/mol. The van der Waals surface area contributed by atoms with Gasteiger partial charge in [0.2, 0.25) is 0 Å². The largest absolute Gasteiger partial charge is 0.469 e. The van der Waals surface area contributed by atoms with Crippen molar-refractivity contribution in [1.29, 1.82) is 0 Å². The Balaban J connectivity index is 2.32. The van der Waals surface area contributed by atoms with Crippen LogP contribution in [0.4, 0.5) is 0 Å². The zero-order valence-electron chi connectivity index (χ0n) is 8.09. The fourth-order valence-corrected chi connectivity index (χ4v) is 1.94. The molecular weight excluding hydrogens is 164 g/mol. The van der Waals surface area contributed by atoms with E-state index in [0.29, 0.717) is 6.42 Å². The van der Waals surface area contributed by atoms with Crippen LogP contribution in [0.2, 0.25) is 0 Å². The number of Topliss-reactive ketones (excluding diaryl/α,β-unsaturated/α-hetero) is 1. The molecule has 0 atom stereocenters. The monoisotopic (exact) mass is 178 g/mol. The molecule has 0 unspecified atom stereocenters. The SMILES string of the molecule is CC1(C)CC(=O)C2=C(C1)OC=CC2. The lowest BCUT2D eigenvalue weighted by atomic mass is 9.75. The third-order valence-electron chi connectivity index (χ3n) is 2.58. The van der Waals surface area contributed by atoms with Crippen molar-refractivity contribution in [2.24, 2.45) is 5.41 Å². The van der Waals surface area contributed by atoms with Gasteiger partial charge in [0, 0.05) is 24.8 Å². The summed E-state index contributed by atoms with van der Waals surface area (Å²) in [7, 11) is 0. The molecule has 0 bridgehead atoms. The van der Waals surface area contributed by atoms with Gasteiger partial charge in [-0.25, -0.2) is 0 Å². The van der Waals surface area contributed by atoms with Gasteiger partial charge < -0.3 is 4.74 Å². The number of hydrogen-bond donors (Lipinski definition) is 0. The van der Waals surface area contributed by atoms with Gasteiger partial charge in [0.05, 0.1) is 6.26 Å². The van der Waals surface area contributed by atoms with E-state index in [1.807, 2.05) is 6.08 Å². The number of allylic oxidation sites excluding steroid dienone is 3. The van der Waals surface area contributed by atoms with Crippen molar-refractivity contribution in [2.75, 3.05) is 0 Å². The molecule has 13 heavy (non-hydrogen) atoms. The maximum Gasteiger partial charge on any atom is 0.163 e. The Bertz CT molecular complexity index is 308. The first-order valence-electron chi connectivity index (χ1n) is 4.65. The standard InChI is InChI=1S/C11H14O2/c1-11(2)6-9(12)8-4-3-5-13-10(8)7-11/h3,5H,4,6-7H2,1-2H3. The molecule has 0 N–H and O–H groups in total. The number of carbonyl (C=O) groups excluding carboxylic acids is 1. The Morgan fingerprint density at radius 1 is 1.38 bits per heavy atom. The number of ketones is 1. The average Bonchev–Trinajstić information content (AvgIpc) is 2.02. The third kappa shape index (κ3) is 1.53. The topological polar surface area (TPSA) is 26.3 Å². The molecule has 0 aromatic carbocycles. The summed E-state index contributed by atoms with van der Waals surface area (Å²) in [6, 6.07) is 0. The molecule has 0 spiro atoms. The molecule has 2 heteroatoms. The first-order chi connectivity index (χ1) is 6.08. The zero-order chi connectivity index (χ0) is 9.47. The van der Waals surface area contributed by atoms with Crippen LogP contribution in [-0.2, 0) is 9.53 Å². The first-order valence-corrected chi connectivity index (χ1v) is 4.65. The lowest BCUT2D eigenvalue weighted by Crippen LogP contribution is -2.27. The van der Waals surface area contributed by atoms with Gasteiger partial charge in [0.1, 0.15) is 5.76 Å². The molecule has 2 rings (SSSR count). The number of ether oxygens (including phenoxy) is 1. The molecule has 70 valence electrons. The second kappa shape index (κ2) is 2.72. The van der Waals surface area contributed by atoms with Crippen molar-refractivity contribution >= 4 is 5.78 Å². The summed E-state index contributed by atoms with van der Waals surface area (Å²) in [5, 5.41) is 0. The molecular formula is C11H14O2. The maximum atomic E-state index is 11.7. The van der Waals surface area contributed by atoms with Crippen LogP contribution in [0.15, 0.2) is 23.7 Å². The Morgan fingerprint density at radius 2 is 2.15 bits per heavy atom. The summed E-state index contributed by atoms with van der Waals surface area (Å²) in [5.41, 5.74) is 0.961. The van der Waals surface area contributed by atoms with E-state index in [4.69, 9.17) is 4.74 Å². The van der Waals surface area contributed by atoms with E-state index in [0.717, 1.165) is 24.2 Å². The van der Waals surface area contributed by atoms with E-state index >= 15 is 0 Å². The molecule has 0 aromatic rings. The summed E-state index contributed by atoms with van der Waals surface area (Å²) >= 11 is 0. The normalized spacial score (nSPS) is 25.5. The fraction of sp³-hybridized carbons (Fsp3) is 0.545. The summed E-state index contributed by atoms with van der Waals surface area (Å²) in [4.78, 5) is 11.7. The van der Waals surface area contributed by atoms with Gasteiger partial charge in [-0.1, -0.05) is 13.8 Å². The van der Waals surface area contributed by atoms with Crippen molar-refractivity contribution in [2.45, 2.75) is 33.1 Å². The molecule has 0 fully saturated rings. The molecule has 1 aliphatic carbocycles. The van der Waals surface area contributed by atoms with Crippen LogP contribution in [0.5, 0.6) is 0 Å². The van der Waals surface area contributed by atoms with Crippen molar-refractivity contribution in [3.8, 4) is 0 Å². The molecule has 0 amide bonds. The van der Waals surface area contributed by atoms with Crippen molar-refractivity contribution in [3.63, 3.8) is 0 Å². The van der Waals surface area contributed by atoms with E-state index < -0.39 is 0 Å². The van der Waals surface area contributed by atoms with Gasteiger partial charge in [-0.05, 0) is 11.5 Å². The Morgan fingerprint density at radius 3 is 2.92 bits per heavy atom. The second-order valence-corrected chi connectivity index (χ2v) is 4.54. The van der Waals surface area contributed by atoms with Gasteiger partial charge in [-0.2, -0.15) is 0 Å². The van der Waals surface area contributed by atoms with Crippen LogP contribution < -0.4 is 0 Å². The summed E-state index contributed by atoms with van der Waals surface area (Å²) in [6.07, 6.45) is 5.88. The Labute approximate surface area is 78.3 Å². The van der Waals surface area contributed by atoms with E-state index in [9.17, 15) is 4.79 Å². The summed E-state index contributed by atoms with van der Waals surface area (Å²) in [5.74, 6) is 1.15. The van der Waals surface area contributed by atoms with E-state index in [2.05, 4.69) is 13.8 Å². The van der Waals surface area contributed by atoms with E-state index in [1.54, 1.807) is 6.26 Å². The number of hydrogen-bond acceptors (Lipinski definition) is 2. The van der Waals surface area contributed by atoms with Crippen molar-refractivity contribution in [3.05, 3.63) is 23.7 Å². The van der Waals surface area contributed by atoms with Gasteiger partial charge in [-0.15, -0.1) is 0 Å². The summed E-state index contributed by atoms with van der Waals surface area (Å²) < 4.78 is 5.37. The second-order valence-electron chi connectivity index (χ2n) is 4.54. The first kappa shape index (κ1) is 8.54. The van der Waals surface area contributed by atoms with Gasteiger partial charge in [0.25, 0.3) is 0 Å². The summed E-state index contributed by atoms with van der Waals surface area (Å²) in [6.45, 7) is 4.22. The fourth-order valence-electron chi connectivity index (χ4n) is 1.94. The molecule has 1 aliphatic heterocycles. The molecule has 2 nitrogen and oxygen atoms in total. The quantitative estimate of drug-likeness (QED) is 0.569. The lowest BCUT2D eigenvalue weighted by molar-refractivity contribution is -0.118. The van der Waals surface area contributed by atoms with E-state index in [1.165, 1.54) is 0 Å². The average molecular weight is 178 g/mol. The third-order valence-corrected chi connectivity index (χ3v) is 2.58. The van der Waals surface area contributed by atoms with E-state index in [-0.39, 0.29) is 11.2 Å². The highest BCUT2D eigenvalue weighted by atomic mass is 16.5. The van der Waals surface area contributed by atoms with Crippen LogP contribution in [-0.4, -0.2) is 5.78 Å². The lowest BCUT2D eigenvalue weighted by Gasteiger charge is -2.32. The van der Waals surface area contributed by atoms with Crippen LogP contribution >= 0.6 is 0 Å². The van der Waals surface area contributed by atoms with Crippen LogP contribution in [0, 0.1) is 5.41 Å². The van der Waals surface area contributed by atoms with Gasteiger partial charge in [0.15, 0.2) is 5.78 Å². The van der Waals surface area contributed by atoms with Gasteiger partial charge >= 0.3 is 0 Å². The molecule has 0 saturated carbocycles. The predicted octanol–water partition coefficient (Wildman–Crippen LogP) is 2.56. The van der Waals surface area contributed by atoms with Crippen LogP contribution in [0.1, 0.15) is 33.1 Å². The minimum Gasteiger partial charge on any atom is -0.469 e. The zero-order valence-corrected chi connectivity index (χ0v) is 8.09. The highest BCUT2D eigenvalue weighted by Crippen LogP contribution is 2.39. The molecule has 0 saturated heterocycles. The van der Waals surface area contributed by atoms with Crippen molar-refractivity contribution in [1.82, 2.24) is 0 Å². The molecule has 1 heterocycles. The minimum atomic E-state index is 0.0705. The highest BCUT2D eigenvalue weighted by molar-refractivity contribution is 5.97. The number of carbonyl (C=O) groups is 1. The van der Waals surface area contributed by atoms with Gasteiger partial charge in [-0.3, -0.25) is 4.79 Å². The Hall–Kier alpha value is -1.05. The molecule has 0 radical (unpaired) electrons. The van der Waals surface area contributed by atoms with Crippen LogP contribution in [0.3, 0.4) is 0 Å². The van der Waals surface area contributed by atoms with Crippen LogP contribution in [0.25, 0.3) is 0 Å². The molecule has 2 aliphatic rings. The molecule has 0 aromatic heterocycles. The minimum absolute atomic E-state index is 0.0705. The van der Waals surface area contributed by atoms with Crippen molar-refractivity contribution < 1.29 is 9.53 Å². The maximum absolute atomic E-state index is 11.7. The smallest absolute Gasteiger partial charge is 0.163 e.